The van der Waals surface area contributed by atoms with E-state index in [4.69, 9.17) is 5.73 Å². The lowest BCUT2D eigenvalue weighted by molar-refractivity contribution is -0.146. The maximum absolute atomic E-state index is 12.8. The van der Waals surface area contributed by atoms with Crippen molar-refractivity contribution in [3.05, 3.63) is 28.2 Å². The number of carboxylic acid groups (broad SMARTS) is 1. The van der Waals surface area contributed by atoms with Crippen LogP contribution >= 0.6 is 11.3 Å². The molecular weight excluding hydrogens is 352 g/mol. The van der Waals surface area contributed by atoms with Gasteiger partial charge in [-0.15, -0.1) is 11.3 Å². The summed E-state index contributed by atoms with van der Waals surface area (Å²) in [6.45, 7) is 0. The van der Waals surface area contributed by atoms with Crippen LogP contribution in [-0.4, -0.2) is 22.9 Å². The van der Waals surface area contributed by atoms with Crippen molar-refractivity contribution >= 4 is 34.1 Å². The molecule has 140 valence electrons. The van der Waals surface area contributed by atoms with E-state index in [0.717, 1.165) is 42.5 Å². The molecule has 26 heavy (non-hydrogen) atoms. The molecule has 0 aliphatic heterocycles. The van der Waals surface area contributed by atoms with E-state index >= 15 is 0 Å². The van der Waals surface area contributed by atoms with Crippen LogP contribution in [0.4, 0.5) is 5.00 Å². The average Bonchev–Trinajstić information content (AvgIpc) is 2.91. The highest BCUT2D eigenvalue weighted by Gasteiger charge is 2.35. The molecule has 2 aliphatic rings. The Bertz CT molecular complexity index is 753. The Labute approximate surface area is 156 Å². The van der Waals surface area contributed by atoms with Gasteiger partial charge in [-0.1, -0.05) is 25.0 Å². The molecule has 7 heteroatoms. The van der Waals surface area contributed by atoms with Crippen molar-refractivity contribution in [3.63, 3.8) is 0 Å². The molecule has 6 nitrogen and oxygen atoms in total. The summed E-state index contributed by atoms with van der Waals surface area (Å²) in [5.74, 6) is -3.22. The number of carbonyl (C=O) groups excluding carboxylic acids is 2. The van der Waals surface area contributed by atoms with Gasteiger partial charge in [0, 0.05) is 4.88 Å². The van der Waals surface area contributed by atoms with Crippen LogP contribution in [-0.2, 0) is 22.4 Å². The van der Waals surface area contributed by atoms with E-state index in [1.807, 2.05) is 6.08 Å². The van der Waals surface area contributed by atoms with Gasteiger partial charge in [0.05, 0.1) is 17.4 Å². The van der Waals surface area contributed by atoms with E-state index in [0.29, 0.717) is 23.4 Å². The number of nitrogens with two attached hydrogens (primary N) is 1. The Morgan fingerprint density at radius 1 is 1.04 bits per heavy atom. The van der Waals surface area contributed by atoms with E-state index in [1.165, 1.54) is 17.8 Å². The topological polar surface area (TPSA) is 109 Å². The minimum atomic E-state index is -0.969. The van der Waals surface area contributed by atoms with Gasteiger partial charge in [-0.3, -0.25) is 14.4 Å². The number of aliphatic carboxylic acids is 1. The van der Waals surface area contributed by atoms with Crippen molar-refractivity contribution in [2.75, 3.05) is 5.32 Å². The Hall–Kier alpha value is -2.15. The second-order valence-electron chi connectivity index (χ2n) is 6.97. The summed E-state index contributed by atoms with van der Waals surface area (Å²) in [5.41, 5.74) is 7.00. The van der Waals surface area contributed by atoms with Crippen LogP contribution in [0.1, 0.15) is 59.3 Å². The molecule has 2 amide bonds. The molecule has 1 aromatic heterocycles. The number of carbonyl (C=O) groups is 3. The molecule has 0 radical (unpaired) electrons. The minimum Gasteiger partial charge on any atom is -0.481 e. The first-order valence-electron chi connectivity index (χ1n) is 9.12. The molecule has 1 heterocycles. The van der Waals surface area contributed by atoms with E-state index in [9.17, 15) is 19.5 Å². The van der Waals surface area contributed by atoms with Crippen molar-refractivity contribution in [1.29, 1.82) is 0 Å². The molecular formula is C19H24N2O4S. The molecule has 0 saturated heterocycles. The standard InChI is InChI=1S/C19H24N2O4S/c20-16(22)15-13-9-3-1-2-4-10-14(13)26-18(15)21-17(23)11-7-5-6-8-12(11)19(24)25/h5-6,11-12H,1-4,7-10H2,(H2,20,22)(H,21,23)(H,24,25)/t11-,12+/m0/s1. The fourth-order valence-corrected chi connectivity index (χ4v) is 5.15. The molecule has 4 N–H and O–H groups in total. The lowest BCUT2D eigenvalue weighted by Gasteiger charge is -2.24. The minimum absolute atomic E-state index is 0.344. The summed E-state index contributed by atoms with van der Waals surface area (Å²) < 4.78 is 0. The smallest absolute Gasteiger partial charge is 0.307 e. The van der Waals surface area contributed by atoms with Crippen molar-refractivity contribution in [2.45, 2.75) is 51.4 Å². The first-order valence-corrected chi connectivity index (χ1v) is 9.93. The largest absolute Gasteiger partial charge is 0.481 e. The summed E-state index contributed by atoms with van der Waals surface area (Å²) in [4.78, 5) is 37.4. The molecule has 0 saturated carbocycles. The Balaban J connectivity index is 1.88. The molecule has 2 atom stereocenters. The Kier molecular flexibility index (Phi) is 5.76. The van der Waals surface area contributed by atoms with Crippen LogP contribution < -0.4 is 11.1 Å². The third-order valence-electron chi connectivity index (χ3n) is 5.24. The molecule has 0 fully saturated rings. The number of thiophene rings is 1. The highest BCUT2D eigenvalue weighted by molar-refractivity contribution is 7.17. The van der Waals surface area contributed by atoms with Gasteiger partial charge in [0.25, 0.3) is 5.91 Å². The Morgan fingerprint density at radius 2 is 1.69 bits per heavy atom. The average molecular weight is 376 g/mol. The monoisotopic (exact) mass is 376 g/mol. The van der Waals surface area contributed by atoms with Crippen LogP contribution in [0.15, 0.2) is 12.2 Å². The number of primary amides is 1. The first-order chi connectivity index (χ1) is 12.5. The van der Waals surface area contributed by atoms with E-state index in [2.05, 4.69) is 5.32 Å². The molecule has 0 unspecified atom stereocenters. The number of allylic oxidation sites excluding steroid dienone is 2. The van der Waals surface area contributed by atoms with Crippen molar-refractivity contribution < 1.29 is 19.5 Å². The molecule has 0 aromatic carbocycles. The molecule has 1 aromatic rings. The second kappa shape index (κ2) is 8.03. The number of hydrogen-bond donors (Lipinski definition) is 3. The van der Waals surface area contributed by atoms with Crippen molar-refractivity contribution in [1.82, 2.24) is 0 Å². The Morgan fingerprint density at radius 3 is 2.35 bits per heavy atom. The number of rotatable bonds is 4. The quantitative estimate of drug-likeness (QED) is 0.701. The molecule has 2 aliphatic carbocycles. The van der Waals surface area contributed by atoms with E-state index < -0.39 is 23.7 Å². The van der Waals surface area contributed by atoms with Crippen LogP contribution in [0.2, 0.25) is 0 Å². The third kappa shape index (κ3) is 3.82. The van der Waals surface area contributed by atoms with Crippen LogP contribution in [0.25, 0.3) is 0 Å². The van der Waals surface area contributed by atoms with Gasteiger partial charge in [0.1, 0.15) is 5.00 Å². The van der Waals surface area contributed by atoms with Crippen LogP contribution in [0.5, 0.6) is 0 Å². The molecule has 3 rings (SSSR count). The van der Waals surface area contributed by atoms with Crippen LogP contribution in [0.3, 0.4) is 0 Å². The van der Waals surface area contributed by atoms with Gasteiger partial charge >= 0.3 is 5.97 Å². The van der Waals surface area contributed by atoms with Gasteiger partial charge in [-0.05, 0) is 44.1 Å². The number of anilines is 1. The van der Waals surface area contributed by atoms with E-state index in [-0.39, 0.29) is 5.91 Å². The zero-order valence-corrected chi connectivity index (χ0v) is 15.4. The predicted octanol–water partition coefficient (Wildman–Crippen LogP) is 3.11. The van der Waals surface area contributed by atoms with Gasteiger partial charge in [-0.25, -0.2) is 0 Å². The maximum Gasteiger partial charge on any atom is 0.307 e. The maximum atomic E-state index is 12.8. The van der Waals surface area contributed by atoms with Crippen molar-refractivity contribution in [2.24, 2.45) is 17.6 Å². The highest BCUT2D eigenvalue weighted by Crippen LogP contribution is 2.38. The van der Waals surface area contributed by atoms with Gasteiger partial charge < -0.3 is 16.2 Å². The number of nitrogens with one attached hydrogen (secondary N) is 1. The summed E-state index contributed by atoms with van der Waals surface area (Å²) in [6.07, 6.45) is 10.4. The number of hydrogen-bond acceptors (Lipinski definition) is 4. The fraction of sp³-hybridized carbons (Fsp3) is 0.526. The van der Waals surface area contributed by atoms with E-state index in [1.54, 1.807) is 6.08 Å². The number of carboxylic acids is 1. The van der Waals surface area contributed by atoms with Gasteiger partial charge in [0.2, 0.25) is 5.91 Å². The first kappa shape index (κ1) is 18.6. The zero-order valence-electron chi connectivity index (χ0n) is 14.6. The third-order valence-corrected chi connectivity index (χ3v) is 6.45. The predicted molar refractivity (Wildman–Crippen MR) is 100 cm³/mol. The van der Waals surface area contributed by atoms with Crippen molar-refractivity contribution in [3.8, 4) is 0 Å². The normalized spacial score (nSPS) is 22.8. The van der Waals surface area contributed by atoms with Gasteiger partial charge in [0.15, 0.2) is 0 Å². The van der Waals surface area contributed by atoms with Gasteiger partial charge in [-0.2, -0.15) is 0 Å². The SMILES string of the molecule is NC(=O)c1c(NC(=O)[C@H]2CC=CC[C@H]2C(=O)O)sc2c1CCCCCC2. The number of amides is 2. The number of fused-ring (bicyclic) bond motifs is 1. The lowest BCUT2D eigenvalue weighted by Crippen LogP contribution is -2.35. The fourth-order valence-electron chi connectivity index (χ4n) is 3.85. The summed E-state index contributed by atoms with van der Waals surface area (Å²) in [6, 6.07) is 0. The highest BCUT2D eigenvalue weighted by atomic mass is 32.1. The molecule has 0 spiro atoms. The summed E-state index contributed by atoms with van der Waals surface area (Å²) in [7, 11) is 0. The lowest BCUT2D eigenvalue weighted by atomic mass is 9.82. The number of aryl methyl sites for hydroxylation is 1. The summed E-state index contributed by atoms with van der Waals surface area (Å²) in [5, 5.41) is 12.7. The molecule has 0 bridgehead atoms. The van der Waals surface area contributed by atoms with Crippen LogP contribution in [0, 0.1) is 11.8 Å². The zero-order chi connectivity index (χ0) is 18.7. The summed E-state index contributed by atoms with van der Waals surface area (Å²) >= 11 is 1.42. The second-order valence-corrected chi connectivity index (χ2v) is 8.07.